The molecule has 0 amide bonds. The van der Waals surface area contributed by atoms with Crippen LogP contribution in [0.3, 0.4) is 0 Å². The zero-order valence-corrected chi connectivity index (χ0v) is 13.9. The highest BCUT2D eigenvalue weighted by Gasteiger charge is 2.09. The van der Waals surface area contributed by atoms with Gasteiger partial charge in [0.1, 0.15) is 18.2 Å². The van der Waals surface area contributed by atoms with Crippen LogP contribution in [-0.4, -0.2) is 21.5 Å². The third-order valence-electron chi connectivity index (χ3n) is 3.34. The highest BCUT2D eigenvalue weighted by Crippen LogP contribution is 2.22. The minimum atomic E-state index is -0.562. The summed E-state index contributed by atoms with van der Waals surface area (Å²) in [5.74, 6) is -1.70. The third-order valence-corrected chi connectivity index (χ3v) is 4.35. The highest BCUT2D eigenvalue weighted by molar-refractivity contribution is 8.00. The molecule has 0 saturated carbocycles. The zero-order chi connectivity index (χ0) is 17.6. The fourth-order valence-corrected chi connectivity index (χ4v) is 2.85. The zero-order valence-electron chi connectivity index (χ0n) is 13.1. The van der Waals surface area contributed by atoms with E-state index in [-0.39, 0.29) is 17.3 Å². The lowest BCUT2D eigenvalue weighted by atomic mass is 10.2. The molecular formula is C18H14F2N2O2S. The van der Waals surface area contributed by atoms with E-state index >= 15 is 0 Å². The van der Waals surface area contributed by atoms with Crippen molar-refractivity contribution in [1.29, 1.82) is 0 Å². The molecule has 0 unspecified atom stereocenters. The van der Waals surface area contributed by atoms with Crippen molar-refractivity contribution in [3.63, 3.8) is 0 Å². The van der Waals surface area contributed by atoms with Crippen molar-refractivity contribution in [2.24, 2.45) is 0 Å². The van der Waals surface area contributed by atoms with E-state index in [4.69, 9.17) is 4.74 Å². The number of esters is 1. The molecular weight excluding hydrogens is 346 g/mol. The molecule has 3 aromatic rings. The van der Waals surface area contributed by atoms with Crippen LogP contribution in [0.25, 0.3) is 5.69 Å². The van der Waals surface area contributed by atoms with Gasteiger partial charge in [-0.3, -0.25) is 4.79 Å². The third kappa shape index (κ3) is 4.67. The number of carbonyl (C=O) groups is 1. The Hall–Kier alpha value is -2.67. The Kier molecular flexibility index (Phi) is 5.45. The van der Waals surface area contributed by atoms with E-state index in [1.807, 2.05) is 36.5 Å². The Morgan fingerprint density at radius 1 is 1.16 bits per heavy atom. The van der Waals surface area contributed by atoms with Crippen molar-refractivity contribution >= 4 is 17.7 Å². The number of hydrogen-bond acceptors (Lipinski definition) is 4. The molecule has 0 aliphatic heterocycles. The molecule has 1 aromatic heterocycles. The number of nitrogens with zero attached hydrogens (tertiary/aromatic N) is 2. The number of halogens is 2. The Morgan fingerprint density at radius 3 is 2.68 bits per heavy atom. The molecule has 25 heavy (non-hydrogen) atoms. The second-order valence-electron chi connectivity index (χ2n) is 5.14. The summed E-state index contributed by atoms with van der Waals surface area (Å²) in [7, 11) is 0. The van der Waals surface area contributed by atoms with E-state index in [1.165, 1.54) is 0 Å². The molecule has 0 spiro atoms. The van der Waals surface area contributed by atoms with Crippen LogP contribution in [0, 0.1) is 11.6 Å². The first-order valence-electron chi connectivity index (χ1n) is 7.44. The Balaban J connectivity index is 1.49. The maximum atomic E-state index is 13.5. The summed E-state index contributed by atoms with van der Waals surface area (Å²) < 4.78 is 33.4. The van der Waals surface area contributed by atoms with Gasteiger partial charge in [-0.25, -0.2) is 13.5 Å². The van der Waals surface area contributed by atoms with Crippen LogP contribution < -0.4 is 0 Å². The first-order chi connectivity index (χ1) is 12.1. The quantitative estimate of drug-likeness (QED) is 0.493. The van der Waals surface area contributed by atoms with Gasteiger partial charge < -0.3 is 4.74 Å². The standard InChI is InChI=1S/C18H14F2N2O2S/c19-14-4-7-16(20)17(10-14)25-12-18(23)24-11-13-2-5-15(6-3-13)22-9-1-8-21-22/h1-10H,11-12H2. The average Bonchev–Trinajstić information content (AvgIpc) is 3.16. The van der Waals surface area contributed by atoms with Crippen LogP contribution in [0.4, 0.5) is 8.78 Å². The van der Waals surface area contributed by atoms with Crippen LogP contribution in [0.5, 0.6) is 0 Å². The van der Waals surface area contributed by atoms with Crippen molar-refractivity contribution in [3.8, 4) is 5.69 Å². The molecule has 7 heteroatoms. The monoisotopic (exact) mass is 360 g/mol. The molecule has 0 saturated heterocycles. The van der Waals surface area contributed by atoms with E-state index in [9.17, 15) is 13.6 Å². The minimum Gasteiger partial charge on any atom is -0.460 e. The molecule has 0 fully saturated rings. The van der Waals surface area contributed by atoms with Crippen molar-refractivity contribution in [2.75, 3.05) is 5.75 Å². The summed E-state index contributed by atoms with van der Waals surface area (Å²) in [6.07, 6.45) is 3.52. The number of hydrogen-bond donors (Lipinski definition) is 0. The summed E-state index contributed by atoms with van der Waals surface area (Å²) >= 11 is 0.904. The summed E-state index contributed by atoms with van der Waals surface area (Å²) in [6.45, 7) is 0.115. The second-order valence-corrected chi connectivity index (χ2v) is 6.16. The molecule has 0 N–H and O–H groups in total. The molecule has 0 radical (unpaired) electrons. The minimum absolute atomic E-state index is 0.0838. The van der Waals surface area contributed by atoms with Crippen LogP contribution >= 0.6 is 11.8 Å². The lowest BCUT2D eigenvalue weighted by molar-refractivity contribution is -0.141. The maximum Gasteiger partial charge on any atom is 0.316 e. The fourth-order valence-electron chi connectivity index (χ4n) is 2.10. The predicted octanol–water partition coefficient (Wildman–Crippen LogP) is 3.99. The molecule has 0 atom stereocenters. The van der Waals surface area contributed by atoms with E-state index < -0.39 is 17.6 Å². The van der Waals surface area contributed by atoms with Gasteiger partial charge in [-0.2, -0.15) is 5.10 Å². The lowest BCUT2D eigenvalue weighted by Gasteiger charge is -2.07. The van der Waals surface area contributed by atoms with Crippen molar-refractivity contribution in [1.82, 2.24) is 9.78 Å². The molecule has 0 aliphatic rings. The Bertz CT molecular complexity index is 852. The summed E-state index contributed by atoms with van der Waals surface area (Å²) in [5.41, 5.74) is 1.73. The molecule has 4 nitrogen and oxygen atoms in total. The van der Waals surface area contributed by atoms with E-state index in [0.717, 1.165) is 41.2 Å². The van der Waals surface area contributed by atoms with E-state index in [0.29, 0.717) is 0 Å². The summed E-state index contributed by atoms with van der Waals surface area (Å²) in [5, 5.41) is 4.13. The van der Waals surface area contributed by atoms with Gasteiger partial charge in [0.2, 0.25) is 0 Å². The van der Waals surface area contributed by atoms with Gasteiger partial charge in [-0.15, -0.1) is 11.8 Å². The van der Waals surface area contributed by atoms with Gasteiger partial charge in [0.15, 0.2) is 0 Å². The number of aromatic nitrogens is 2. The molecule has 1 heterocycles. The smallest absolute Gasteiger partial charge is 0.316 e. The van der Waals surface area contributed by atoms with Crippen molar-refractivity contribution in [2.45, 2.75) is 11.5 Å². The van der Waals surface area contributed by atoms with Gasteiger partial charge in [-0.1, -0.05) is 12.1 Å². The van der Waals surface area contributed by atoms with Gasteiger partial charge in [0, 0.05) is 17.3 Å². The van der Waals surface area contributed by atoms with Crippen LogP contribution in [0.2, 0.25) is 0 Å². The van der Waals surface area contributed by atoms with Crippen LogP contribution in [0.1, 0.15) is 5.56 Å². The SMILES string of the molecule is O=C(CSc1cc(F)ccc1F)OCc1ccc(-n2cccn2)cc1. The number of rotatable bonds is 6. The van der Waals surface area contributed by atoms with E-state index in [2.05, 4.69) is 5.10 Å². The number of carbonyl (C=O) groups excluding carboxylic acids is 1. The predicted molar refractivity (Wildman–Crippen MR) is 90.4 cm³/mol. The van der Waals surface area contributed by atoms with Gasteiger partial charge in [0.25, 0.3) is 0 Å². The first kappa shape index (κ1) is 17.2. The average molecular weight is 360 g/mol. The van der Waals surface area contributed by atoms with Gasteiger partial charge >= 0.3 is 5.97 Å². The summed E-state index contributed by atoms with van der Waals surface area (Å²) in [6, 6.07) is 12.4. The van der Waals surface area contributed by atoms with Crippen LogP contribution in [0.15, 0.2) is 65.8 Å². The first-order valence-corrected chi connectivity index (χ1v) is 8.43. The lowest BCUT2D eigenvalue weighted by Crippen LogP contribution is -2.07. The fraction of sp³-hybridized carbons (Fsp3) is 0.111. The van der Waals surface area contributed by atoms with Gasteiger partial charge in [-0.05, 0) is 42.0 Å². The molecule has 128 valence electrons. The number of thioether (sulfide) groups is 1. The topological polar surface area (TPSA) is 44.1 Å². The number of ether oxygens (including phenoxy) is 1. The second kappa shape index (κ2) is 7.94. The number of benzene rings is 2. The van der Waals surface area contributed by atoms with Crippen molar-refractivity contribution in [3.05, 3.63) is 78.1 Å². The molecule has 2 aromatic carbocycles. The highest BCUT2D eigenvalue weighted by atomic mass is 32.2. The van der Waals surface area contributed by atoms with Crippen LogP contribution in [-0.2, 0) is 16.1 Å². The largest absolute Gasteiger partial charge is 0.460 e. The summed E-state index contributed by atoms with van der Waals surface area (Å²) in [4.78, 5) is 11.9. The van der Waals surface area contributed by atoms with Gasteiger partial charge in [0.05, 0.1) is 11.4 Å². The van der Waals surface area contributed by atoms with E-state index in [1.54, 1.807) is 10.9 Å². The Morgan fingerprint density at radius 2 is 1.96 bits per heavy atom. The Labute approximate surface area is 147 Å². The normalized spacial score (nSPS) is 10.6. The molecule has 3 rings (SSSR count). The molecule has 0 aliphatic carbocycles. The molecule has 0 bridgehead atoms. The maximum absolute atomic E-state index is 13.5. The van der Waals surface area contributed by atoms with Crippen molar-refractivity contribution < 1.29 is 18.3 Å².